The third-order valence-electron chi connectivity index (χ3n) is 3.46. The van der Waals surface area contributed by atoms with Gasteiger partial charge in [-0.1, -0.05) is 44.2 Å². The Morgan fingerprint density at radius 1 is 1.17 bits per heavy atom. The van der Waals surface area contributed by atoms with Crippen LogP contribution in [0.4, 0.5) is 0 Å². The van der Waals surface area contributed by atoms with Gasteiger partial charge in [0.1, 0.15) is 0 Å². The van der Waals surface area contributed by atoms with Crippen molar-refractivity contribution in [2.75, 3.05) is 25.9 Å². The Kier molecular flexibility index (Phi) is 8.26. The summed E-state index contributed by atoms with van der Waals surface area (Å²) in [5.41, 5.74) is 1.20. The zero-order valence-electron chi connectivity index (χ0n) is 14.3. The molecule has 23 heavy (non-hydrogen) atoms. The minimum Gasteiger partial charge on any atom is -0.355 e. The van der Waals surface area contributed by atoms with Gasteiger partial charge in [0.05, 0.1) is 6.26 Å². The first-order chi connectivity index (χ1) is 10.8. The minimum absolute atomic E-state index is 0.0299. The van der Waals surface area contributed by atoms with E-state index in [9.17, 15) is 13.2 Å². The summed E-state index contributed by atoms with van der Waals surface area (Å²) in [5, 5.41) is 2.78. The first kappa shape index (κ1) is 19.6. The Bertz CT molecular complexity index is 571. The van der Waals surface area contributed by atoms with Gasteiger partial charge < -0.3 is 5.32 Å². The van der Waals surface area contributed by atoms with E-state index in [1.54, 1.807) is 0 Å². The molecule has 0 aliphatic carbocycles. The molecule has 0 fully saturated rings. The molecule has 1 aromatic rings. The predicted octanol–water partition coefficient (Wildman–Crippen LogP) is 2.04. The summed E-state index contributed by atoms with van der Waals surface area (Å²) in [7, 11) is -3.26. The molecule has 0 saturated heterocycles. The van der Waals surface area contributed by atoms with Crippen molar-refractivity contribution < 1.29 is 13.2 Å². The van der Waals surface area contributed by atoms with E-state index >= 15 is 0 Å². The summed E-state index contributed by atoms with van der Waals surface area (Å²) in [6, 6.07) is 10.0. The average Bonchev–Trinajstić information content (AvgIpc) is 2.45. The number of amides is 1. The van der Waals surface area contributed by atoms with Crippen LogP contribution in [0.5, 0.6) is 0 Å². The second kappa shape index (κ2) is 9.67. The molecule has 0 saturated carbocycles. The Balaban J connectivity index is 2.40. The van der Waals surface area contributed by atoms with Gasteiger partial charge >= 0.3 is 0 Å². The quantitative estimate of drug-likeness (QED) is 0.709. The van der Waals surface area contributed by atoms with Gasteiger partial charge in [0.2, 0.25) is 15.9 Å². The molecule has 0 aliphatic rings. The van der Waals surface area contributed by atoms with Gasteiger partial charge in [-0.25, -0.2) is 12.7 Å². The van der Waals surface area contributed by atoms with Gasteiger partial charge in [0, 0.05) is 26.1 Å². The van der Waals surface area contributed by atoms with Crippen molar-refractivity contribution in [3.63, 3.8) is 0 Å². The van der Waals surface area contributed by atoms with Crippen molar-refractivity contribution >= 4 is 15.9 Å². The average molecular weight is 340 g/mol. The van der Waals surface area contributed by atoms with Crippen molar-refractivity contribution in [2.24, 2.45) is 5.92 Å². The number of hydrogen-bond acceptors (Lipinski definition) is 3. The molecule has 1 amide bonds. The molecule has 0 atom stereocenters. The smallest absolute Gasteiger partial charge is 0.220 e. The third kappa shape index (κ3) is 8.71. The molecule has 5 nitrogen and oxygen atoms in total. The SMILES string of the molecule is CC(C)CC(=O)NCCN(CCCc1ccccc1)S(C)(=O)=O. The summed E-state index contributed by atoms with van der Waals surface area (Å²) in [6.07, 6.45) is 3.28. The highest BCUT2D eigenvalue weighted by Crippen LogP contribution is 2.06. The number of sulfonamides is 1. The van der Waals surface area contributed by atoms with Gasteiger partial charge in [0.25, 0.3) is 0 Å². The fourth-order valence-corrected chi connectivity index (χ4v) is 3.19. The lowest BCUT2D eigenvalue weighted by atomic mass is 10.1. The highest BCUT2D eigenvalue weighted by atomic mass is 32.2. The largest absolute Gasteiger partial charge is 0.355 e. The van der Waals surface area contributed by atoms with E-state index in [4.69, 9.17) is 0 Å². The molecule has 130 valence electrons. The van der Waals surface area contributed by atoms with E-state index < -0.39 is 10.0 Å². The molecular formula is C17H28N2O3S. The number of benzene rings is 1. The molecule has 0 heterocycles. The van der Waals surface area contributed by atoms with Crippen LogP contribution in [0.2, 0.25) is 0 Å². The summed E-state index contributed by atoms with van der Waals surface area (Å²) in [6.45, 7) is 5.09. The molecule has 0 aromatic heterocycles. The van der Waals surface area contributed by atoms with Crippen LogP contribution in [0.3, 0.4) is 0 Å². The number of nitrogens with one attached hydrogen (secondary N) is 1. The second-order valence-electron chi connectivity index (χ2n) is 6.20. The maximum absolute atomic E-state index is 11.8. The molecule has 0 unspecified atom stereocenters. The standard InChI is InChI=1S/C17H28N2O3S/c1-15(2)14-17(20)18-11-13-19(23(3,21)22)12-7-10-16-8-5-4-6-9-16/h4-6,8-9,15H,7,10-14H2,1-3H3,(H,18,20). The molecule has 1 aromatic carbocycles. The zero-order chi connectivity index (χ0) is 17.3. The van der Waals surface area contributed by atoms with Gasteiger partial charge in [-0.3, -0.25) is 4.79 Å². The highest BCUT2D eigenvalue weighted by Gasteiger charge is 2.16. The van der Waals surface area contributed by atoms with E-state index in [0.717, 1.165) is 12.8 Å². The Hall–Kier alpha value is -1.40. The molecule has 0 aliphatic heterocycles. The van der Waals surface area contributed by atoms with Crippen LogP contribution in [-0.2, 0) is 21.2 Å². The number of rotatable bonds is 10. The van der Waals surface area contributed by atoms with E-state index in [2.05, 4.69) is 5.32 Å². The van der Waals surface area contributed by atoms with E-state index in [-0.39, 0.29) is 5.91 Å². The Morgan fingerprint density at radius 2 is 1.83 bits per heavy atom. The van der Waals surface area contributed by atoms with Crippen molar-refractivity contribution in [1.82, 2.24) is 9.62 Å². The van der Waals surface area contributed by atoms with Gasteiger partial charge in [-0.2, -0.15) is 0 Å². The number of nitrogens with zero attached hydrogens (tertiary/aromatic N) is 1. The van der Waals surface area contributed by atoms with Gasteiger partial charge in [0.15, 0.2) is 0 Å². The fourth-order valence-electron chi connectivity index (χ4n) is 2.31. The second-order valence-corrected chi connectivity index (χ2v) is 8.18. The summed E-state index contributed by atoms with van der Waals surface area (Å²) >= 11 is 0. The minimum atomic E-state index is -3.26. The predicted molar refractivity (Wildman–Crippen MR) is 93.6 cm³/mol. The third-order valence-corrected chi connectivity index (χ3v) is 4.77. The van der Waals surface area contributed by atoms with E-state index in [1.165, 1.54) is 16.1 Å². The van der Waals surface area contributed by atoms with Crippen molar-refractivity contribution in [1.29, 1.82) is 0 Å². The molecule has 1 rings (SSSR count). The Morgan fingerprint density at radius 3 is 2.39 bits per heavy atom. The molecular weight excluding hydrogens is 312 g/mol. The van der Waals surface area contributed by atoms with Crippen molar-refractivity contribution in [3.8, 4) is 0 Å². The lowest BCUT2D eigenvalue weighted by Crippen LogP contribution is -2.38. The highest BCUT2D eigenvalue weighted by molar-refractivity contribution is 7.88. The lowest BCUT2D eigenvalue weighted by Gasteiger charge is -2.20. The summed E-state index contributed by atoms with van der Waals surface area (Å²) in [5.74, 6) is 0.268. The van der Waals surface area contributed by atoms with Gasteiger partial charge in [-0.05, 0) is 24.3 Å². The monoisotopic (exact) mass is 340 g/mol. The van der Waals surface area contributed by atoms with Gasteiger partial charge in [-0.15, -0.1) is 0 Å². The molecule has 0 bridgehead atoms. The first-order valence-corrected chi connectivity index (χ1v) is 9.89. The number of aryl methyl sites for hydroxylation is 1. The van der Waals surface area contributed by atoms with Crippen molar-refractivity contribution in [2.45, 2.75) is 33.1 Å². The normalized spacial score (nSPS) is 11.9. The van der Waals surface area contributed by atoms with Crippen molar-refractivity contribution in [3.05, 3.63) is 35.9 Å². The van der Waals surface area contributed by atoms with Crippen LogP contribution in [0.25, 0.3) is 0 Å². The van der Waals surface area contributed by atoms with Crippen LogP contribution in [0, 0.1) is 5.92 Å². The lowest BCUT2D eigenvalue weighted by molar-refractivity contribution is -0.121. The maximum atomic E-state index is 11.8. The number of hydrogen-bond donors (Lipinski definition) is 1. The molecule has 0 spiro atoms. The fraction of sp³-hybridized carbons (Fsp3) is 0.588. The van der Waals surface area contributed by atoms with E-state index in [0.29, 0.717) is 32.0 Å². The van der Waals surface area contributed by atoms with Crippen LogP contribution in [0.1, 0.15) is 32.3 Å². The zero-order valence-corrected chi connectivity index (χ0v) is 15.1. The first-order valence-electron chi connectivity index (χ1n) is 8.05. The number of carbonyl (C=O) groups is 1. The van der Waals surface area contributed by atoms with E-state index in [1.807, 2.05) is 44.2 Å². The molecule has 0 radical (unpaired) electrons. The molecule has 1 N–H and O–H groups in total. The maximum Gasteiger partial charge on any atom is 0.220 e. The number of carbonyl (C=O) groups excluding carboxylic acids is 1. The summed E-state index contributed by atoms with van der Waals surface area (Å²) in [4.78, 5) is 11.6. The van der Waals surface area contributed by atoms with Crippen LogP contribution in [0.15, 0.2) is 30.3 Å². The van der Waals surface area contributed by atoms with Crippen LogP contribution < -0.4 is 5.32 Å². The summed E-state index contributed by atoms with van der Waals surface area (Å²) < 4.78 is 25.1. The topological polar surface area (TPSA) is 66.5 Å². The van der Waals surface area contributed by atoms with Crippen LogP contribution >= 0.6 is 0 Å². The Labute approximate surface area is 140 Å². The van der Waals surface area contributed by atoms with Crippen LogP contribution in [-0.4, -0.2) is 44.5 Å². The molecule has 6 heteroatoms.